The molecule has 0 spiro atoms. The number of hydrogen-bond donors (Lipinski definition) is 1. The van der Waals surface area contributed by atoms with Crippen LogP contribution in [0.1, 0.15) is 16.7 Å². The van der Waals surface area contributed by atoms with Crippen molar-refractivity contribution in [1.82, 2.24) is 9.88 Å². The molecule has 1 N–H and O–H groups in total. The van der Waals surface area contributed by atoms with Crippen molar-refractivity contribution >= 4 is 16.9 Å². The van der Waals surface area contributed by atoms with Crippen molar-refractivity contribution < 1.29 is 4.42 Å². The van der Waals surface area contributed by atoms with Crippen LogP contribution < -0.4 is 10.9 Å². The van der Waals surface area contributed by atoms with Gasteiger partial charge in [0.2, 0.25) is 0 Å². The van der Waals surface area contributed by atoms with Crippen LogP contribution in [-0.4, -0.2) is 37.1 Å². The Morgan fingerprint density at radius 1 is 1.04 bits per heavy atom. The van der Waals surface area contributed by atoms with Crippen LogP contribution in [0.15, 0.2) is 51.7 Å². The first-order valence-corrected chi connectivity index (χ1v) is 8.90. The molecule has 0 unspecified atom stereocenters. The van der Waals surface area contributed by atoms with E-state index in [0.29, 0.717) is 17.4 Å². The quantitative estimate of drug-likeness (QED) is 0.708. The molecule has 26 heavy (non-hydrogen) atoms. The van der Waals surface area contributed by atoms with Gasteiger partial charge in [0.1, 0.15) is 0 Å². The number of aromatic nitrogens is 1. The smallest absolute Gasteiger partial charge is 0.348 e. The van der Waals surface area contributed by atoms with Gasteiger partial charge in [-0.1, -0.05) is 36.4 Å². The van der Waals surface area contributed by atoms with Crippen LogP contribution in [0.25, 0.3) is 10.9 Å². The summed E-state index contributed by atoms with van der Waals surface area (Å²) in [5, 5.41) is 3.66. The Balaban J connectivity index is 1.60. The largest absolute Gasteiger partial charge is 0.389 e. The zero-order valence-corrected chi connectivity index (χ0v) is 15.6. The van der Waals surface area contributed by atoms with Gasteiger partial charge in [0.05, 0.1) is 10.9 Å². The van der Waals surface area contributed by atoms with Crippen molar-refractivity contribution in [1.29, 1.82) is 0 Å². The first kappa shape index (κ1) is 18.1. The second kappa shape index (κ2) is 8.15. The van der Waals surface area contributed by atoms with Crippen LogP contribution >= 0.6 is 0 Å². The molecule has 1 heterocycles. The van der Waals surface area contributed by atoms with E-state index in [1.54, 1.807) is 0 Å². The van der Waals surface area contributed by atoms with Crippen molar-refractivity contribution in [3.8, 4) is 0 Å². The van der Waals surface area contributed by atoms with E-state index in [1.807, 2.05) is 25.1 Å². The number of benzene rings is 2. The van der Waals surface area contributed by atoms with Crippen molar-refractivity contribution in [2.24, 2.45) is 0 Å². The minimum absolute atomic E-state index is 0.274. The number of anilines is 1. The van der Waals surface area contributed by atoms with Crippen LogP contribution in [0.5, 0.6) is 0 Å². The molecule has 0 aliphatic heterocycles. The van der Waals surface area contributed by atoms with Crippen LogP contribution in [0.2, 0.25) is 0 Å². The lowest BCUT2D eigenvalue weighted by atomic mass is 10.1. The summed E-state index contributed by atoms with van der Waals surface area (Å²) in [7, 11) is 4.17. The summed E-state index contributed by atoms with van der Waals surface area (Å²) in [5.74, 6) is 0. The van der Waals surface area contributed by atoms with Gasteiger partial charge in [-0.25, -0.2) is 4.79 Å². The molecular formula is C21H25N3O2. The topological polar surface area (TPSA) is 58.4 Å². The fourth-order valence-corrected chi connectivity index (χ4v) is 2.90. The molecule has 0 saturated carbocycles. The van der Waals surface area contributed by atoms with Gasteiger partial charge in [0, 0.05) is 13.1 Å². The highest BCUT2D eigenvalue weighted by atomic mass is 16.4. The normalized spacial score (nSPS) is 11.2. The van der Waals surface area contributed by atoms with Crippen LogP contribution in [0.3, 0.4) is 0 Å². The molecule has 0 bridgehead atoms. The molecule has 0 fully saturated rings. The average molecular weight is 351 g/mol. The molecule has 136 valence electrons. The third-order valence-corrected chi connectivity index (χ3v) is 4.43. The second-order valence-electron chi connectivity index (χ2n) is 6.82. The van der Waals surface area contributed by atoms with Gasteiger partial charge in [-0.2, -0.15) is 4.98 Å². The lowest BCUT2D eigenvalue weighted by Gasteiger charge is -2.10. The maximum atomic E-state index is 12.2. The number of rotatable bonds is 7. The summed E-state index contributed by atoms with van der Waals surface area (Å²) in [4.78, 5) is 18.7. The number of hydrogen-bond acceptors (Lipinski definition) is 5. The average Bonchev–Trinajstić information content (AvgIpc) is 2.61. The summed E-state index contributed by atoms with van der Waals surface area (Å²) in [6.07, 6.45) is 1.89. The van der Waals surface area contributed by atoms with Crippen molar-refractivity contribution in [2.45, 2.75) is 19.8 Å². The molecule has 0 aliphatic carbocycles. The predicted octanol–water partition coefficient (Wildman–Crippen LogP) is 3.26. The molecule has 1 aromatic heterocycles. The van der Waals surface area contributed by atoms with Crippen LogP contribution in [0, 0.1) is 6.92 Å². The zero-order chi connectivity index (χ0) is 18.5. The Labute approximate surface area is 153 Å². The molecule has 5 nitrogen and oxygen atoms in total. The lowest BCUT2D eigenvalue weighted by molar-refractivity contribution is 0.413. The first-order chi connectivity index (χ1) is 12.5. The highest BCUT2D eigenvalue weighted by Gasteiger charge is 2.08. The van der Waals surface area contributed by atoms with Crippen LogP contribution in [-0.2, 0) is 12.8 Å². The Morgan fingerprint density at radius 2 is 1.73 bits per heavy atom. The van der Waals surface area contributed by atoms with Crippen molar-refractivity contribution in [3.05, 3.63) is 69.6 Å². The fraction of sp³-hybridized carbons (Fsp3) is 0.333. The van der Waals surface area contributed by atoms with Gasteiger partial charge >= 0.3 is 5.63 Å². The van der Waals surface area contributed by atoms with Crippen molar-refractivity contribution in [3.63, 3.8) is 0 Å². The summed E-state index contributed by atoms with van der Waals surface area (Å²) in [6, 6.07) is 14.5. The maximum Gasteiger partial charge on any atom is 0.348 e. The molecule has 3 rings (SSSR count). The van der Waals surface area contributed by atoms with Crippen LogP contribution in [0.4, 0.5) is 6.01 Å². The molecule has 0 atom stereocenters. The summed E-state index contributed by atoms with van der Waals surface area (Å²) in [6.45, 7) is 3.59. The van der Waals surface area contributed by atoms with E-state index >= 15 is 0 Å². The number of nitrogens with one attached hydrogen (secondary N) is 1. The Hall–Kier alpha value is -2.66. The molecule has 2 aromatic carbocycles. The van der Waals surface area contributed by atoms with E-state index in [0.717, 1.165) is 24.9 Å². The van der Waals surface area contributed by atoms with Gasteiger partial charge in [-0.05, 0) is 56.6 Å². The maximum absolute atomic E-state index is 12.2. The summed E-state index contributed by atoms with van der Waals surface area (Å²) < 4.78 is 5.30. The lowest BCUT2D eigenvalue weighted by Crippen LogP contribution is -2.15. The molecule has 3 aromatic rings. The van der Waals surface area contributed by atoms with E-state index in [-0.39, 0.29) is 11.6 Å². The first-order valence-electron chi connectivity index (χ1n) is 8.90. The highest BCUT2D eigenvalue weighted by Crippen LogP contribution is 2.14. The van der Waals surface area contributed by atoms with Gasteiger partial charge in [0.25, 0.3) is 6.01 Å². The van der Waals surface area contributed by atoms with E-state index < -0.39 is 0 Å². The van der Waals surface area contributed by atoms with Gasteiger partial charge in [-0.3, -0.25) is 0 Å². The summed E-state index contributed by atoms with van der Waals surface area (Å²) >= 11 is 0. The summed E-state index contributed by atoms with van der Waals surface area (Å²) in [5.41, 5.74) is 3.78. The highest BCUT2D eigenvalue weighted by molar-refractivity contribution is 5.81. The predicted molar refractivity (Wildman–Crippen MR) is 106 cm³/mol. The molecule has 5 heteroatoms. The monoisotopic (exact) mass is 351 g/mol. The molecular weight excluding hydrogens is 326 g/mol. The molecule has 0 aliphatic rings. The minimum atomic E-state index is -0.346. The number of fused-ring (bicyclic) bond motifs is 1. The number of aryl methyl sites for hydroxylation is 1. The van der Waals surface area contributed by atoms with Crippen molar-refractivity contribution in [2.75, 3.05) is 32.5 Å². The zero-order valence-electron chi connectivity index (χ0n) is 15.6. The fourth-order valence-electron chi connectivity index (χ4n) is 2.90. The number of nitrogens with zero attached hydrogens (tertiary/aromatic N) is 2. The Morgan fingerprint density at radius 3 is 2.42 bits per heavy atom. The second-order valence-corrected chi connectivity index (χ2v) is 6.82. The standard InChI is InChI=1S/C21H25N3O2/c1-15-5-4-6-18-19(15)20(25)26-21(23-18)22-13-11-16-7-9-17(10-8-16)12-14-24(2)3/h4-10H,11-14H2,1-3H3,(H,22,23). The molecule has 0 radical (unpaired) electrons. The van der Waals surface area contributed by atoms with E-state index in [4.69, 9.17) is 4.42 Å². The van der Waals surface area contributed by atoms with E-state index in [9.17, 15) is 4.79 Å². The Bertz CT molecular complexity index is 930. The number of likely N-dealkylation sites (N-methyl/N-ethyl adjacent to an activating group) is 1. The van der Waals surface area contributed by atoms with Gasteiger partial charge in [-0.15, -0.1) is 0 Å². The third kappa shape index (κ3) is 4.49. The van der Waals surface area contributed by atoms with Gasteiger partial charge in [0.15, 0.2) is 0 Å². The minimum Gasteiger partial charge on any atom is -0.389 e. The third-order valence-electron chi connectivity index (χ3n) is 4.43. The Kier molecular flexibility index (Phi) is 5.68. The van der Waals surface area contributed by atoms with E-state index in [2.05, 4.69) is 53.6 Å². The van der Waals surface area contributed by atoms with Gasteiger partial charge < -0.3 is 14.6 Å². The van der Waals surface area contributed by atoms with E-state index in [1.165, 1.54) is 11.1 Å². The molecule has 0 amide bonds. The molecule has 0 saturated heterocycles. The SMILES string of the molecule is Cc1cccc2nc(NCCc3ccc(CCN(C)C)cc3)oc(=O)c12.